The standard InChI is InChI=1S/C17H21N3O2/c1-3-11-7-13(14-5-4-6-17(18)20-14)16(21-2)8-15(11)22-12-9-19-10-12/h4-8,12,19H,3,9-10H2,1-2H3,(H2,18,20). The fourth-order valence-corrected chi connectivity index (χ4v) is 2.49. The van der Waals surface area contributed by atoms with Crippen LogP contribution >= 0.6 is 0 Å². The number of aromatic nitrogens is 1. The van der Waals surface area contributed by atoms with E-state index in [1.807, 2.05) is 18.2 Å². The fourth-order valence-electron chi connectivity index (χ4n) is 2.49. The molecule has 0 amide bonds. The van der Waals surface area contributed by atoms with E-state index in [1.165, 1.54) is 0 Å². The van der Waals surface area contributed by atoms with Crippen LogP contribution in [-0.2, 0) is 6.42 Å². The molecule has 5 nitrogen and oxygen atoms in total. The van der Waals surface area contributed by atoms with Crippen molar-refractivity contribution in [1.82, 2.24) is 10.3 Å². The van der Waals surface area contributed by atoms with E-state index in [2.05, 4.69) is 23.3 Å². The van der Waals surface area contributed by atoms with Crippen molar-refractivity contribution in [3.05, 3.63) is 35.9 Å². The number of hydrogen-bond acceptors (Lipinski definition) is 5. The summed E-state index contributed by atoms with van der Waals surface area (Å²) in [5.41, 5.74) is 8.69. The topological polar surface area (TPSA) is 69.4 Å². The molecule has 5 heteroatoms. The normalized spacial score (nSPS) is 14.5. The van der Waals surface area contributed by atoms with Crippen molar-refractivity contribution in [3.8, 4) is 22.8 Å². The third-order valence-corrected chi connectivity index (χ3v) is 3.85. The smallest absolute Gasteiger partial charge is 0.131 e. The lowest BCUT2D eigenvalue weighted by molar-refractivity contribution is 0.140. The maximum absolute atomic E-state index is 6.04. The van der Waals surface area contributed by atoms with Gasteiger partial charge in [0.15, 0.2) is 0 Å². The summed E-state index contributed by atoms with van der Waals surface area (Å²) < 4.78 is 11.6. The van der Waals surface area contributed by atoms with E-state index in [0.717, 1.165) is 47.8 Å². The van der Waals surface area contributed by atoms with E-state index in [-0.39, 0.29) is 6.10 Å². The first-order valence-electron chi connectivity index (χ1n) is 7.52. The number of nitrogens with two attached hydrogens (primary N) is 1. The first-order chi connectivity index (χ1) is 10.7. The van der Waals surface area contributed by atoms with Gasteiger partial charge >= 0.3 is 0 Å². The predicted octanol–water partition coefficient (Wildman–Crippen LogP) is 2.25. The molecule has 0 saturated carbocycles. The fraction of sp³-hybridized carbons (Fsp3) is 0.353. The average Bonchev–Trinajstić information content (AvgIpc) is 2.50. The zero-order valence-electron chi connectivity index (χ0n) is 12.9. The average molecular weight is 299 g/mol. The largest absolute Gasteiger partial charge is 0.496 e. The van der Waals surface area contributed by atoms with Gasteiger partial charge in [0.25, 0.3) is 0 Å². The highest BCUT2D eigenvalue weighted by atomic mass is 16.5. The van der Waals surface area contributed by atoms with Crippen molar-refractivity contribution in [1.29, 1.82) is 0 Å². The summed E-state index contributed by atoms with van der Waals surface area (Å²) >= 11 is 0. The van der Waals surface area contributed by atoms with Gasteiger partial charge in [-0.1, -0.05) is 13.0 Å². The second-order valence-electron chi connectivity index (χ2n) is 5.36. The van der Waals surface area contributed by atoms with Gasteiger partial charge in [0.05, 0.1) is 12.8 Å². The van der Waals surface area contributed by atoms with Crippen molar-refractivity contribution >= 4 is 5.82 Å². The van der Waals surface area contributed by atoms with Crippen LogP contribution in [0.4, 0.5) is 5.82 Å². The first kappa shape index (κ1) is 14.7. The minimum Gasteiger partial charge on any atom is -0.496 e. The lowest BCUT2D eigenvalue weighted by Crippen LogP contribution is -2.50. The van der Waals surface area contributed by atoms with Gasteiger partial charge < -0.3 is 20.5 Å². The zero-order valence-corrected chi connectivity index (χ0v) is 12.9. The highest BCUT2D eigenvalue weighted by molar-refractivity contribution is 5.71. The van der Waals surface area contributed by atoms with Crippen LogP contribution < -0.4 is 20.5 Å². The Morgan fingerprint density at radius 2 is 2.09 bits per heavy atom. The number of nitrogen functional groups attached to an aromatic ring is 1. The number of methoxy groups -OCH3 is 1. The molecular formula is C17H21N3O2. The first-order valence-corrected chi connectivity index (χ1v) is 7.52. The summed E-state index contributed by atoms with van der Waals surface area (Å²) in [6.45, 7) is 3.90. The van der Waals surface area contributed by atoms with Gasteiger partial charge in [-0.15, -0.1) is 0 Å². The molecule has 1 aromatic carbocycles. The van der Waals surface area contributed by atoms with Crippen molar-refractivity contribution in [2.45, 2.75) is 19.4 Å². The molecule has 0 aliphatic carbocycles. The number of anilines is 1. The number of nitrogens with zero attached hydrogens (tertiary/aromatic N) is 1. The maximum atomic E-state index is 6.04. The van der Waals surface area contributed by atoms with Crippen LogP contribution in [0.2, 0.25) is 0 Å². The highest BCUT2D eigenvalue weighted by Gasteiger charge is 2.21. The summed E-state index contributed by atoms with van der Waals surface area (Å²) in [5.74, 6) is 2.13. The Morgan fingerprint density at radius 3 is 2.68 bits per heavy atom. The van der Waals surface area contributed by atoms with Crippen LogP contribution in [0.15, 0.2) is 30.3 Å². The van der Waals surface area contributed by atoms with Crippen LogP contribution in [0.25, 0.3) is 11.3 Å². The molecule has 0 unspecified atom stereocenters. The van der Waals surface area contributed by atoms with E-state index in [4.69, 9.17) is 15.2 Å². The summed E-state index contributed by atoms with van der Waals surface area (Å²) in [4.78, 5) is 4.39. The van der Waals surface area contributed by atoms with E-state index in [9.17, 15) is 0 Å². The summed E-state index contributed by atoms with van der Waals surface area (Å²) in [7, 11) is 1.66. The predicted molar refractivity (Wildman–Crippen MR) is 87.3 cm³/mol. The molecule has 2 heterocycles. The monoisotopic (exact) mass is 299 g/mol. The van der Waals surface area contributed by atoms with Crippen molar-refractivity contribution < 1.29 is 9.47 Å². The van der Waals surface area contributed by atoms with Gasteiger partial charge in [-0.05, 0) is 30.2 Å². The molecular weight excluding hydrogens is 278 g/mol. The number of nitrogens with one attached hydrogen (secondary N) is 1. The Labute approximate surface area is 130 Å². The molecule has 1 aliphatic rings. The molecule has 3 N–H and O–H groups in total. The number of ether oxygens (including phenoxy) is 2. The SMILES string of the molecule is CCc1cc(-c2cccc(N)n2)c(OC)cc1OC1CNC1. The molecule has 1 saturated heterocycles. The van der Waals surface area contributed by atoms with E-state index in [1.54, 1.807) is 13.2 Å². The Balaban J connectivity index is 2.02. The molecule has 1 fully saturated rings. The highest BCUT2D eigenvalue weighted by Crippen LogP contribution is 2.36. The molecule has 0 atom stereocenters. The molecule has 0 bridgehead atoms. The molecule has 116 valence electrons. The summed E-state index contributed by atoms with van der Waals surface area (Å²) in [6, 6.07) is 9.65. The van der Waals surface area contributed by atoms with E-state index >= 15 is 0 Å². The molecule has 3 rings (SSSR count). The van der Waals surface area contributed by atoms with Gasteiger partial charge in [0, 0.05) is 24.7 Å². The van der Waals surface area contributed by atoms with Crippen LogP contribution in [0, 0.1) is 0 Å². The maximum Gasteiger partial charge on any atom is 0.131 e. The van der Waals surface area contributed by atoms with E-state index in [0.29, 0.717) is 5.82 Å². The van der Waals surface area contributed by atoms with Crippen LogP contribution in [0.3, 0.4) is 0 Å². The Hall–Kier alpha value is -2.27. The lowest BCUT2D eigenvalue weighted by atomic mass is 10.0. The van der Waals surface area contributed by atoms with Crippen molar-refractivity contribution in [2.24, 2.45) is 0 Å². The zero-order chi connectivity index (χ0) is 15.5. The van der Waals surface area contributed by atoms with Crippen molar-refractivity contribution in [2.75, 3.05) is 25.9 Å². The van der Waals surface area contributed by atoms with Gasteiger partial charge in [-0.25, -0.2) is 4.98 Å². The molecule has 0 radical (unpaired) electrons. The molecule has 0 spiro atoms. The third-order valence-electron chi connectivity index (χ3n) is 3.85. The minimum atomic E-state index is 0.242. The third kappa shape index (κ3) is 2.85. The Kier molecular flexibility index (Phi) is 4.15. The summed E-state index contributed by atoms with van der Waals surface area (Å²) in [5, 5.41) is 3.21. The van der Waals surface area contributed by atoms with Gasteiger partial charge in [0.2, 0.25) is 0 Å². The Bertz CT molecular complexity index is 669. The number of pyridine rings is 1. The second kappa shape index (κ2) is 6.23. The van der Waals surface area contributed by atoms with Gasteiger partial charge in [0.1, 0.15) is 23.4 Å². The molecule has 2 aromatic rings. The second-order valence-corrected chi connectivity index (χ2v) is 5.36. The quantitative estimate of drug-likeness (QED) is 0.886. The van der Waals surface area contributed by atoms with Crippen LogP contribution in [0.5, 0.6) is 11.5 Å². The molecule has 1 aliphatic heterocycles. The Morgan fingerprint density at radius 1 is 1.27 bits per heavy atom. The number of benzene rings is 1. The lowest BCUT2D eigenvalue weighted by Gasteiger charge is -2.29. The van der Waals surface area contributed by atoms with Crippen LogP contribution in [-0.4, -0.2) is 31.3 Å². The van der Waals surface area contributed by atoms with Gasteiger partial charge in [-0.3, -0.25) is 0 Å². The number of hydrogen-bond donors (Lipinski definition) is 2. The van der Waals surface area contributed by atoms with Crippen molar-refractivity contribution in [3.63, 3.8) is 0 Å². The van der Waals surface area contributed by atoms with Crippen LogP contribution in [0.1, 0.15) is 12.5 Å². The molecule has 1 aromatic heterocycles. The van der Waals surface area contributed by atoms with E-state index < -0.39 is 0 Å². The van der Waals surface area contributed by atoms with Gasteiger partial charge in [-0.2, -0.15) is 0 Å². The summed E-state index contributed by atoms with van der Waals surface area (Å²) in [6.07, 6.45) is 1.13. The molecule has 22 heavy (non-hydrogen) atoms. The number of aryl methyl sites for hydroxylation is 1. The minimum absolute atomic E-state index is 0.242. The number of rotatable bonds is 5.